The quantitative estimate of drug-likeness (QED) is 0.272. The molecule has 0 atom stereocenters. The van der Waals surface area contributed by atoms with Crippen LogP contribution in [0.3, 0.4) is 0 Å². The van der Waals surface area contributed by atoms with Crippen LogP contribution in [0.25, 0.3) is 0 Å². The molecule has 1 aliphatic rings. The molecule has 0 bridgehead atoms. The van der Waals surface area contributed by atoms with E-state index < -0.39 is 0 Å². The van der Waals surface area contributed by atoms with Crippen molar-refractivity contribution in [1.82, 2.24) is 0 Å². The second-order valence-corrected chi connectivity index (χ2v) is 1.32. The molecule has 0 saturated heterocycles. The molecule has 4 nitrogen and oxygen atoms in total. The average Bonchev–Trinajstić information content (AvgIpc) is 1.90. The summed E-state index contributed by atoms with van der Waals surface area (Å²) in [6.45, 7) is 1.16. The van der Waals surface area contributed by atoms with Crippen LogP contribution in [-0.2, 0) is 4.74 Å². The summed E-state index contributed by atoms with van der Waals surface area (Å²) >= 11 is 0. The molecule has 1 aliphatic heterocycles. The van der Waals surface area contributed by atoms with E-state index in [1.54, 1.807) is 0 Å². The Kier molecular flexibility index (Phi) is 1.46. The molecular formula is C4H6N2O2. The largest absolute Gasteiger partial charge is 0.473 e. The Balaban J connectivity index is 2.56. The first-order valence-corrected chi connectivity index (χ1v) is 2.28. The highest BCUT2D eigenvalue weighted by Gasteiger charge is 1.99. The summed E-state index contributed by atoms with van der Waals surface area (Å²) < 4.78 is 4.78. The van der Waals surface area contributed by atoms with Gasteiger partial charge in [-0.2, -0.15) is 0 Å². The van der Waals surface area contributed by atoms with E-state index in [2.05, 4.69) is 10.1 Å². The monoisotopic (exact) mass is 115 g/mol. The second kappa shape index (κ2) is 2.30. The molecule has 1 rings (SSSR count). The Bertz CT molecular complexity index is 130. The van der Waals surface area contributed by atoms with E-state index in [0.29, 0.717) is 13.2 Å². The predicted molar refractivity (Wildman–Crippen MR) is 28.5 cm³/mol. The van der Waals surface area contributed by atoms with Gasteiger partial charge in [0, 0.05) is 0 Å². The third-order valence-corrected chi connectivity index (χ3v) is 0.771. The van der Waals surface area contributed by atoms with Gasteiger partial charge in [0.2, 0.25) is 0 Å². The van der Waals surface area contributed by atoms with Crippen LogP contribution < -0.4 is 0 Å². The Morgan fingerprint density at radius 2 is 2.75 bits per heavy atom. The Hall–Kier alpha value is -1.06. The molecule has 1 N–H and O–H groups in total. The fraction of sp³-hybridized carbons (Fsp3) is 0.500. The first-order chi connectivity index (χ1) is 3.93. The number of rotatable bonds is 0. The molecule has 0 aliphatic carbocycles. The molecule has 0 spiro atoms. The van der Waals surface area contributed by atoms with Crippen molar-refractivity contribution < 1.29 is 9.94 Å². The Morgan fingerprint density at radius 1 is 1.88 bits per heavy atom. The number of oxime groups is 1. The van der Waals surface area contributed by atoms with Crippen LogP contribution in [0.5, 0.6) is 0 Å². The normalized spacial score (nSPS) is 23.2. The van der Waals surface area contributed by atoms with Gasteiger partial charge in [-0.3, -0.25) is 4.99 Å². The van der Waals surface area contributed by atoms with Gasteiger partial charge >= 0.3 is 0 Å². The van der Waals surface area contributed by atoms with Crippen LogP contribution in [0, 0.1) is 0 Å². The van der Waals surface area contributed by atoms with Crippen molar-refractivity contribution in [3.05, 3.63) is 0 Å². The van der Waals surface area contributed by atoms with Crippen molar-refractivity contribution in [3.8, 4) is 0 Å². The molecule has 0 aromatic heterocycles. The molecule has 0 amide bonds. The number of ether oxygens (including phenoxy) is 1. The maximum absolute atomic E-state index is 8.06. The number of hydrogen-bond acceptors (Lipinski definition) is 4. The van der Waals surface area contributed by atoms with Crippen molar-refractivity contribution in [2.45, 2.75) is 0 Å². The van der Waals surface area contributed by atoms with Crippen molar-refractivity contribution in [1.29, 1.82) is 0 Å². The summed E-state index contributed by atoms with van der Waals surface area (Å²) in [5, 5.41) is 10.9. The predicted octanol–water partition coefficient (Wildman–Crippen LogP) is -0.125. The summed E-state index contributed by atoms with van der Waals surface area (Å²) in [7, 11) is 0. The van der Waals surface area contributed by atoms with Crippen LogP contribution in [0.2, 0.25) is 0 Å². The minimum absolute atomic E-state index is 0.191. The molecule has 8 heavy (non-hydrogen) atoms. The molecule has 0 saturated carbocycles. The summed E-state index contributed by atoms with van der Waals surface area (Å²) in [6.07, 6.45) is 1.39. The Labute approximate surface area is 46.5 Å². The fourth-order valence-electron chi connectivity index (χ4n) is 0.438. The lowest BCUT2D eigenvalue weighted by molar-refractivity contribution is 0.262. The molecule has 0 fully saturated rings. The average molecular weight is 115 g/mol. The molecule has 4 heteroatoms. The zero-order valence-corrected chi connectivity index (χ0v) is 4.24. The number of hydrogen-bond donors (Lipinski definition) is 1. The minimum Gasteiger partial charge on any atom is -0.473 e. The van der Waals surface area contributed by atoms with Crippen LogP contribution in [-0.4, -0.2) is 30.5 Å². The molecule has 1 heterocycles. The lowest BCUT2D eigenvalue weighted by Gasteiger charge is -2.04. The van der Waals surface area contributed by atoms with Crippen LogP contribution in [0.15, 0.2) is 10.1 Å². The zero-order valence-electron chi connectivity index (χ0n) is 4.24. The summed E-state index contributed by atoms with van der Waals surface area (Å²) in [6, 6.07) is 0. The van der Waals surface area contributed by atoms with Gasteiger partial charge in [-0.1, -0.05) is 0 Å². The van der Waals surface area contributed by atoms with Crippen molar-refractivity contribution in [3.63, 3.8) is 0 Å². The highest BCUT2D eigenvalue weighted by Crippen LogP contribution is 1.85. The Morgan fingerprint density at radius 3 is 3.12 bits per heavy atom. The van der Waals surface area contributed by atoms with Gasteiger partial charge in [0.1, 0.15) is 6.61 Å². The lowest BCUT2D eigenvalue weighted by atomic mass is 10.6. The molecule has 44 valence electrons. The number of aliphatic imine (C=N–C) groups is 1. The molecule has 0 unspecified atom stereocenters. The third kappa shape index (κ3) is 0.959. The molecule has 0 radical (unpaired) electrons. The summed E-state index contributed by atoms with van der Waals surface area (Å²) in [5.74, 6) is 0.191. The van der Waals surface area contributed by atoms with Crippen LogP contribution in [0.4, 0.5) is 0 Å². The topological polar surface area (TPSA) is 54.2 Å². The highest BCUT2D eigenvalue weighted by molar-refractivity contribution is 6.26. The van der Waals surface area contributed by atoms with E-state index in [9.17, 15) is 0 Å². The van der Waals surface area contributed by atoms with E-state index >= 15 is 0 Å². The zero-order chi connectivity index (χ0) is 5.82. The van der Waals surface area contributed by atoms with Gasteiger partial charge in [-0.05, 0) is 5.16 Å². The van der Waals surface area contributed by atoms with E-state index in [-0.39, 0.29) is 5.90 Å². The van der Waals surface area contributed by atoms with E-state index in [0.717, 1.165) is 0 Å². The third-order valence-electron chi connectivity index (χ3n) is 0.771. The fourth-order valence-corrected chi connectivity index (χ4v) is 0.438. The van der Waals surface area contributed by atoms with Crippen molar-refractivity contribution in [2.24, 2.45) is 10.1 Å². The molecule has 0 aromatic carbocycles. The number of nitrogens with zero attached hydrogens (tertiary/aromatic N) is 2. The smallest absolute Gasteiger partial charge is 0.268 e. The molecule has 0 aromatic rings. The second-order valence-electron chi connectivity index (χ2n) is 1.32. The van der Waals surface area contributed by atoms with Crippen molar-refractivity contribution >= 4 is 12.1 Å². The van der Waals surface area contributed by atoms with E-state index in [1.807, 2.05) is 0 Å². The first-order valence-electron chi connectivity index (χ1n) is 2.28. The van der Waals surface area contributed by atoms with Crippen molar-refractivity contribution in [2.75, 3.05) is 13.2 Å². The summed E-state index contributed by atoms with van der Waals surface area (Å²) in [4.78, 5) is 3.79. The van der Waals surface area contributed by atoms with Crippen LogP contribution >= 0.6 is 0 Å². The van der Waals surface area contributed by atoms with Gasteiger partial charge in [-0.15, -0.1) is 0 Å². The highest BCUT2D eigenvalue weighted by atomic mass is 16.7. The maximum atomic E-state index is 8.06. The maximum Gasteiger partial charge on any atom is 0.268 e. The van der Waals surface area contributed by atoms with Gasteiger partial charge in [0.05, 0.1) is 12.8 Å². The standard InChI is InChI=1S/C4H6N2O2/c7-6-4-3-5-1-2-8-4/h3,7H,1-2H2/b6-4+/i6+1. The van der Waals surface area contributed by atoms with E-state index in [4.69, 9.17) is 9.94 Å². The molecular weight excluding hydrogens is 109 g/mol. The van der Waals surface area contributed by atoms with Gasteiger partial charge in [0.15, 0.2) is 0 Å². The van der Waals surface area contributed by atoms with Gasteiger partial charge in [0.25, 0.3) is 5.90 Å². The van der Waals surface area contributed by atoms with Crippen LogP contribution in [0.1, 0.15) is 0 Å². The first kappa shape index (κ1) is 5.08. The van der Waals surface area contributed by atoms with Gasteiger partial charge in [-0.25, -0.2) is 0 Å². The lowest BCUT2D eigenvalue weighted by Crippen LogP contribution is -2.14. The minimum atomic E-state index is 0.191. The van der Waals surface area contributed by atoms with Gasteiger partial charge < -0.3 is 9.94 Å². The van der Waals surface area contributed by atoms with E-state index in [1.165, 1.54) is 6.21 Å². The summed E-state index contributed by atoms with van der Waals surface area (Å²) in [5.41, 5.74) is 0. The SMILES string of the molecule is O/[15N]=C1\C=NCCO1.